The van der Waals surface area contributed by atoms with E-state index in [2.05, 4.69) is 10.1 Å². The highest BCUT2D eigenvalue weighted by Crippen LogP contribution is 2.22. The third kappa shape index (κ3) is 8.40. The van der Waals surface area contributed by atoms with Crippen LogP contribution in [-0.2, 0) is 33.3 Å². The minimum Gasteiger partial charge on any atom is -0.394 e. The Labute approximate surface area is 199 Å². The SMILES string of the molecule is CC1=C(CCC(=O)NC(C)(C)CCOC(C)CCO[C@@H]2C[C@H](O)[C@H](O)[C@H](CO)O2)C(=O)OC1=O. The molecule has 0 aliphatic carbocycles. The Bertz CT molecular complexity index is 765. The summed E-state index contributed by atoms with van der Waals surface area (Å²) in [5.41, 5.74) is -0.0384. The number of carbonyl (C=O) groups excluding carboxylic acids is 3. The molecule has 1 unspecified atom stereocenters. The van der Waals surface area contributed by atoms with Crippen molar-refractivity contribution in [3.05, 3.63) is 11.1 Å². The summed E-state index contributed by atoms with van der Waals surface area (Å²) in [5.74, 6) is -1.58. The summed E-state index contributed by atoms with van der Waals surface area (Å²) in [7, 11) is 0. The van der Waals surface area contributed by atoms with Gasteiger partial charge in [-0.15, -0.1) is 0 Å². The lowest BCUT2D eigenvalue weighted by atomic mass is 10.00. The highest BCUT2D eigenvalue weighted by Gasteiger charge is 2.36. The maximum atomic E-state index is 12.3. The maximum absolute atomic E-state index is 12.3. The number of nitrogens with one attached hydrogen (secondary N) is 1. The number of rotatable bonds is 13. The molecule has 0 saturated carbocycles. The Morgan fingerprint density at radius 3 is 2.56 bits per heavy atom. The van der Waals surface area contributed by atoms with Gasteiger partial charge >= 0.3 is 11.9 Å². The van der Waals surface area contributed by atoms with Crippen LogP contribution in [0.5, 0.6) is 0 Å². The fraction of sp³-hybridized carbons (Fsp3) is 0.783. The van der Waals surface area contributed by atoms with Gasteiger partial charge in [-0.05, 0) is 47.0 Å². The molecule has 0 aromatic carbocycles. The van der Waals surface area contributed by atoms with Crippen molar-refractivity contribution in [2.75, 3.05) is 19.8 Å². The van der Waals surface area contributed by atoms with Crippen molar-refractivity contribution in [3.8, 4) is 0 Å². The highest BCUT2D eigenvalue weighted by atomic mass is 16.7. The quantitative estimate of drug-likeness (QED) is 0.207. The van der Waals surface area contributed by atoms with Crippen LogP contribution in [0.2, 0.25) is 0 Å². The van der Waals surface area contributed by atoms with E-state index in [9.17, 15) is 29.7 Å². The van der Waals surface area contributed by atoms with Crippen molar-refractivity contribution < 1.29 is 48.7 Å². The molecule has 4 N–H and O–H groups in total. The van der Waals surface area contributed by atoms with Crippen LogP contribution in [0.1, 0.15) is 59.8 Å². The largest absolute Gasteiger partial charge is 0.394 e. The number of aliphatic hydroxyl groups excluding tert-OH is 3. The second kappa shape index (κ2) is 12.7. The predicted octanol–water partition coefficient (Wildman–Crippen LogP) is 0.0923. The van der Waals surface area contributed by atoms with E-state index in [0.717, 1.165) is 0 Å². The van der Waals surface area contributed by atoms with Gasteiger partial charge in [-0.25, -0.2) is 9.59 Å². The maximum Gasteiger partial charge on any atom is 0.342 e. The van der Waals surface area contributed by atoms with Crippen LogP contribution in [0, 0.1) is 0 Å². The van der Waals surface area contributed by atoms with Crippen LogP contribution in [0.25, 0.3) is 0 Å². The van der Waals surface area contributed by atoms with Gasteiger partial charge in [0.2, 0.25) is 5.91 Å². The van der Waals surface area contributed by atoms with Gasteiger partial charge in [-0.2, -0.15) is 0 Å². The van der Waals surface area contributed by atoms with E-state index < -0.39 is 48.7 Å². The van der Waals surface area contributed by atoms with Crippen LogP contribution >= 0.6 is 0 Å². The van der Waals surface area contributed by atoms with Crippen molar-refractivity contribution in [1.29, 1.82) is 0 Å². The van der Waals surface area contributed by atoms with Gasteiger partial charge in [0.05, 0.1) is 25.4 Å². The lowest BCUT2D eigenvalue weighted by molar-refractivity contribution is -0.257. The Kier molecular flexibility index (Phi) is 10.6. The number of aliphatic hydroxyl groups is 3. The summed E-state index contributed by atoms with van der Waals surface area (Å²) in [6.07, 6.45) is -2.41. The molecule has 0 aromatic heterocycles. The molecule has 1 saturated heterocycles. The number of ether oxygens (including phenoxy) is 4. The third-order valence-corrected chi connectivity index (χ3v) is 5.94. The fourth-order valence-electron chi connectivity index (χ4n) is 3.67. The van der Waals surface area contributed by atoms with E-state index in [4.69, 9.17) is 14.2 Å². The first-order chi connectivity index (χ1) is 15.9. The van der Waals surface area contributed by atoms with E-state index >= 15 is 0 Å². The Hall–Kier alpha value is -1.89. The molecule has 34 heavy (non-hydrogen) atoms. The van der Waals surface area contributed by atoms with E-state index in [-0.39, 0.29) is 42.4 Å². The van der Waals surface area contributed by atoms with Crippen LogP contribution in [0.4, 0.5) is 0 Å². The van der Waals surface area contributed by atoms with E-state index in [1.165, 1.54) is 6.92 Å². The molecular weight excluding hydrogens is 450 g/mol. The zero-order valence-corrected chi connectivity index (χ0v) is 20.2. The normalized spacial score (nSPS) is 26.6. The number of esters is 2. The second-order valence-corrected chi connectivity index (χ2v) is 9.38. The van der Waals surface area contributed by atoms with Crippen molar-refractivity contribution in [2.45, 2.75) is 96.0 Å². The molecule has 1 fully saturated rings. The van der Waals surface area contributed by atoms with Gasteiger partial charge < -0.3 is 39.6 Å². The van der Waals surface area contributed by atoms with Crippen molar-refractivity contribution in [2.24, 2.45) is 0 Å². The lowest BCUT2D eigenvalue weighted by Crippen LogP contribution is -2.50. The van der Waals surface area contributed by atoms with Crippen molar-refractivity contribution >= 4 is 17.8 Å². The Morgan fingerprint density at radius 2 is 1.94 bits per heavy atom. The number of amides is 1. The number of carbonyl (C=O) groups is 3. The zero-order valence-electron chi connectivity index (χ0n) is 20.2. The number of hydrogen-bond acceptors (Lipinski definition) is 10. The van der Waals surface area contributed by atoms with Crippen LogP contribution in [0.3, 0.4) is 0 Å². The molecule has 1 amide bonds. The molecular formula is C23H37NO10. The molecule has 2 aliphatic rings. The lowest BCUT2D eigenvalue weighted by Gasteiger charge is -2.36. The minimum atomic E-state index is -1.14. The highest BCUT2D eigenvalue weighted by molar-refractivity contribution is 6.12. The molecule has 11 nitrogen and oxygen atoms in total. The van der Waals surface area contributed by atoms with Gasteiger partial charge in [0, 0.05) is 36.1 Å². The molecule has 194 valence electrons. The molecule has 2 heterocycles. The molecule has 0 bridgehead atoms. The van der Waals surface area contributed by atoms with Crippen LogP contribution < -0.4 is 5.32 Å². The van der Waals surface area contributed by atoms with Gasteiger partial charge in [0.25, 0.3) is 0 Å². The average molecular weight is 488 g/mol. The predicted molar refractivity (Wildman–Crippen MR) is 118 cm³/mol. The summed E-state index contributed by atoms with van der Waals surface area (Å²) < 4.78 is 21.4. The average Bonchev–Trinajstić information content (AvgIpc) is 2.99. The van der Waals surface area contributed by atoms with Gasteiger partial charge in [-0.1, -0.05) is 0 Å². The number of cyclic esters (lactones) is 2. The molecule has 0 spiro atoms. The summed E-state index contributed by atoms with van der Waals surface area (Å²) in [5, 5.41) is 31.7. The molecule has 2 aliphatic heterocycles. The van der Waals surface area contributed by atoms with Gasteiger partial charge in [0.15, 0.2) is 6.29 Å². The van der Waals surface area contributed by atoms with E-state index in [0.29, 0.717) is 26.1 Å². The minimum absolute atomic E-state index is 0.0686. The van der Waals surface area contributed by atoms with E-state index in [1.807, 2.05) is 20.8 Å². The Morgan fingerprint density at radius 1 is 1.24 bits per heavy atom. The third-order valence-electron chi connectivity index (χ3n) is 5.94. The first-order valence-electron chi connectivity index (χ1n) is 11.6. The Balaban J connectivity index is 1.62. The van der Waals surface area contributed by atoms with Crippen molar-refractivity contribution in [3.63, 3.8) is 0 Å². The molecule has 11 heteroatoms. The van der Waals surface area contributed by atoms with Crippen LogP contribution in [-0.4, -0.2) is 89.2 Å². The van der Waals surface area contributed by atoms with Gasteiger partial charge in [0.1, 0.15) is 12.2 Å². The summed E-state index contributed by atoms with van der Waals surface area (Å²) in [6.45, 7) is 7.45. The monoisotopic (exact) mass is 487 g/mol. The summed E-state index contributed by atoms with van der Waals surface area (Å²) in [4.78, 5) is 35.3. The fourth-order valence-corrected chi connectivity index (χ4v) is 3.67. The first-order valence-corrected chi connectivity index (χ1v) is 11.6. The smallest absolute Gasteiger partial charge is 0.342 e. The number of hydrogen-bond donors (Lipinski definition) is 4. The second-order valence-electron chi connectivity index (χ2n) is 9.38. The molecule has 5 atom stereocenters. The summed E-state index contributed by atoms with van der Waals surface area (Å²) in [6, 6.07) is 0. The zero-order chi connectivity index (χ0) is 25.5. The molecule has 2 rings (SSSR count). The molecule has 0 aromatic rings. The summed E-state index contributed by atoms with van der Waals surface area (Å²) >= 11 is 0. The first kappa shape index (κ1) is 28.3. The van der Waals surface area contributed by atoms with E-state index in [1.54, 1.807) is 0 Å². The van der Waals surface area contributed by atoms with Crippen molar-refractivity contribution in [1.82, 2.24) is 5.32 Å². The molecule has 0 radical (unpaired) electrons. The standard InChI is InChI=1S/C23H37NO10/c1-13(7-9-32-19-11-16(26)20(28)17(12-25)33-19)31-10-8-23(3,4)24-18(27)6-5-15-14(2)21(29)34-22(15)30/h13,16-17,19-20,25-26,28H,5-12H2,1-4H3,(H,24,27)/t13?,16-,17-,19-,20-/m0/s1. The van der Waals surface area contributed by atoms with Crippen LogP contribution in [0.15, 0.2) is 11.1 Å². The topological polar surface area (TPSA) is 161 Å². The van der Waals surface area contributed by atoms with Gasteiger partial charge in [-0.3, -0.25) is 4.79 Å².